The first kappa shape index (κ1) is 16.1. The van der Waals surface area contributed by atoms with Crippen LogP contribution in [0.5, 0.6) is 0 Å². The molecule has 0 bridgehead atoms. The van der Waals surface area contributed by atoms with Gasteiger partial charge in [-0.25, -0.2) is 4.39 Å². The average molecular weight is 351 g/mol. The summed E-state index contributed by atoms with van der Waals surface area (Å²) in [6.45, 7) is 5.09. The molecule has 0 spiro atoms. The number of halogens is 2. The molecule has 4 heteroatoms. The molecule has 0 saturated carbocycles. The molecule has 2 rings (SSSR count). The quantitative estimate of drug-likeness (QED) is 0.832. The van der Waals surface area contributed by atoms with Gasteiger partial charge in [-0.2, -0.15) is 0 Å². The summed E-state index contributed by atoms with van der Waals surface area (Å²) in [4.78, 5) is 4.56. The van der Waals surface area contributed by atoms with E-state index >= 15 is 0 Å². The van der Waals surface area contributed by atoms with Crippen LogP contribution in [0.15, 0.2) is 41.0 Å². The molecule has 0 radical (unpaired) electrons. The zero-order valence-electron chi connectivity index (χ0n) is 12.4. The number of aryl methyl sites for hydroxylation is 1. The lowest BCUT2D eigenvalue weighted by molar-refractivity contribution is 0.531. The van der Waals surface area contributed by atoms with Crippen molar-refractivity contribution >= 4 is 15.9 Å². The summed E-state index contributed by atoms with van der Waals surface area (Å²) in [5.41, 5.74) is 3.42. The average Bonchev–Trinajstić information content (AvgIpc) is 2.50. The highest BCUT2D eigenvalue weighted by molar-refractivity contribution is 9.10. The van der Waals surface area contributed by atoms with E-state index in [-0.39, 0.29) is 11.9 Å². The number of rotatable bonds is 6. The van der Waals surface area contributed by atoms with Crippen molar-refractivity contribution in [3.63, 3.8) is 0 Å². The minimum Gasteiger partial charge on any atom is -0.309 e. The maximum Gasteiger partial charge on any atom is 0.137 e. The van der Waals surface area contributed by atoms with Crippen LogP contribution in [0.4, 0.5) is 4.39 Å². The van der Waals surface area contributed by atoms with Crippen LogP contribution < -0.4 is 5.32 Å². The Morgan fingerprint density at radius 1 is 1.29 bits per heavy atom. The minimum absolute atomic E-state index is 0.142. The van der Waals surface area contributed by atoms with Crippen molar-refractivity contribution in [3.05, 3.63) is 63.6 Å². The molecule has 2 nitrogen and oxygen atoms in total. The van der Waals surface area contributed by atoms with Gasteiger partial charge in [-0.15, -0.1) is 0 Å². The predicted molar refractivity (Wildman–Crippen MR) is 87.8 cm³/mol. The SMILES string of the molecule is CCNC(Cc1ccc(F)c(Br)c1)c1ncccc1CC. The van der Waals surface area contributed by atoms with Crippen molar-refractivity contribution < 1.29 is 4.39 Å². The molecular weight excluding hydrogens is 331 g/mol. The number of hydrogen-bond acceptors (Lipinski definition) is 2. The van der Waals surface area contributed by atoms with E-state index in [2.05, 4.69) is 46.1 Å². The van der Waals surface area contributed by atoms with Gasteiger partial charge in [0.25, 0.3) is 0 Å². The van der Waals surface area contributed by atoms with Crippen LogP contribution in [0, 0.1) is 5.82 Å². The first-order valence-electron chi connectivity index (χ1n) is 7.26. The Morgan fingerprint density at radius 2 is 2.10 bits per heavy atom. The number of benzene rings is 1. The molecule has 0 aliphatic rings. The molecule has 21 heavy (non-hydrogen) atoms. The van der Waals surface area contributed by atoms with Crippen molar-refractivity contribution in [2.45, 2.75) is 32.7 Å². The number of pyridine rings is 1. The second-order valence-corrected chi connectivity index (χ2v) is 5.82. The summed E-state index contributed by atoms with van der Waals surface area (Å²) >= 11 is 3.25. The van der Waals surface area contributed by atoms with E-state index in [0.717, 1.165) is 30.6 Å². The van der Waals surface area contributed by atoms with E-state index in [1.807, 2.05) is 24.4 Å². The fourth-order valence-electron chi connectivity index (χ4n) is 2.48. The van der Waals surface area contributed by atoms with Crippen molar-refractivity contribution in [1.29, 1.82) is 0 Å². The van der Waals surface area contributed by atoms with E-state index < -0.39 is 0 Å². The topological polar surface area (TPSA) is 24.9 Å². The summed E-state index contributed by atoms with van der Waals surface area (Å²) in [5, 5.41) is 3.48. The van der Waals surface area contributed by atoms with Crippen LogP contribution in [0.25, 0.3) is 0 Å². The molecule has 1 aromatic carbocycles. The lowest BCUT2D eigenvalue weighted by atomic mass is 9.98. The number of nitrogens with one attached hydrogen (secondary N) is 1. The van der Waals surface area contributed by atoms with Gasteiger partial charge in [0.2, 0.25) is 0 Å². The summed E-state index contributed by atoms with van der Waals surface area (Å²) in [7, 11) is 0. The van der Waals surface area contributed by atoms with Crippen LogP contribution in [0.1, 0.15) is 36.7 Å². The monoisotopic (exact) mass is 350 g/mol. The molecule has 0 aliphatic heterocycles. The van der Waals surface area contributed by atoms with Crippen LogP contribution in [0.3, 0.4) is 0 Å². The Kier molecular flexibility index (Phi) is 5.88. The Labute approximate surface area is 133 Å². The minimum atomic E-state index is -0.231. The molecule has 1 atom stereocenters. The van der Waals surface area contributed by atoms with Crippen molar-refractivity contribution in [3.8, 4) is 0 Å². The van der Waals surface area contributed by atoms with Crippen molar-refractivity contribution in [2.24, 2.45) is 0 Å². The maximum atomic E-state index is 13.4. The Hall–Kier alpha value is -1.26. The second kappa shape index (κ2) is 7.66. The molecule has 0 saturated heterocycles. The lowest BCUT2D eigenvalue weighted by Gasteiger charge is -2.20. The van der Waals surface area contributed by atoms with Gasteiger partial charge in [0.1, 0.15) is 5.82 Å². The predicted octanol–water partition coefficient (Wildman–Crippen LogP) is 4.44. The largest absolute Gasteiger partial charge is 0.309 e. The maximum absolute atomic E-state index is 13.4. The van der Waals surface area contributed by atoms with Crippen LogP contribution >= 0.6 is 15.9 Å². The third-order valence-electron chi connectivity index (χ3n) is 3.51. The van der Waals surface area contributed by atoms with E-state index in [1.165, 1.54) is 11.6 Å². The number of nitrogens with zero attached hydrogens (tertiary/aromatic N) is 1. The van der Waals surface area contributed by atoms with Gasteiger partial charge in [0.05, 0.1) is 16.2 Å². The first-order chi connectivity index (χ1) is 10.2. The molecule has 0 aliphatic carbocycles. The molecule has 1 N–H and O–H groups in total. The van der Waals surface area contributed by atoms with Gasteiger partial charge in [-0.3, -0.25) is 4.98 Å². The van der Waals surface area contributed by atoms with Gasteiger partial charge < -0.3 is 5.32 Å². The zero-order chi connectivity index (χ0) is 15.2. The van der Waals surface area contributed by atoms with Gasteiger partial charge in [-0.1, -0.05) is 26.0 Å². The molecule has 0 amide bonds. The first-order valence-corrected chi connectivity index (χ1v) is 8.06. The Balaban J connectivity index is 2.28. The third kappa shape index (κ3) is 4.11. The van der Waals surface area contributed by atoms with Crippen LogP contribution in [-0.4, -0.2) is 11.5 Å². The Bertz CT molecular complexity index is 601. The van der Waals surface area contributed by atoms with Crippen LogP contribution in [-0.2, 0) is 12.8 Å². The molecule has 112 valence electrons. The standard InChI is InChI=1S/C17H20BrFN2/c1-3-13-6-5-9-21-17(13)16(20-4-2)11-12-7-8-15(19)14(18)10-12/h5-10,16,20H,3-4,11H2,1-2H3. The fraction of sp³-hybridized carbons (Fsp3) is 0.353. The Morgan fingerprint density at radius 3 is 2.76 bits per heavy atom. The third-order valence-corrected chi connectivity index (χ3v) is 4.12. The van der Waals surface area contributed by atoms with Gasteiger partial charge in [0, 0.05) is 6.20 Å². The molecule has 0 fully saturated rings. The summed E-state index contributed by atoms with van der Waals surface area (Å²) in [5.74, 6) is -0.231. The lowest BCUT2D eigenvalue weighted by Crippen LogP contribution is -2.25. The second-order valence-electron chi connectivity index (χ2n) is 4.96. The van der Waals surface area contributed by atoms with Gasteiger partial charge in [0.15, 0.2) is 0 Å². The molecule has 2 aromatic rings. The number of hydrogen-bond donors (Lipinski definition) is 1. The normalized spacial score (nSPS) is 12.4. The summed E-state index contributed by atoms with van der Waals surface area (Å²) in [6, 6.07) is 9.41. The van der Waals surface area contributed by atoms with E-state index in [4.69, 9.17) is 0 Å². The molecule has 1 unspecified atom stereocenters. The summed E-state index contributed by atoms with van der Waals surface area (Å²) in [6.07, 6.45) is 3.58. The van der Waals surface area contributed by atoms with Crippen molar-refractivity contribution in [2.75, 3.05) is 6.54 Å². The fourth-order valence-corrected chi connectivity index (χ4v) is 2.90. The number of likely N-dealkylation sites (N-methyl/N-ethyl adjacent to an activating group) is 1. The summed E-state index contributed by atoms with van der Waals surface area (Å²) < 4.78 is 13.9. The molecular formula is C17H20BrFN2. The zero-order valence-corrected chi connectivity index (χ0v) is 14.0. The molecule has 1 aromatic heterocycles. The number of aromatic nitrogens is 1. The van der Waals surface area contributed by atoms with E-state index in [1.54, 1.807) is 0 Å². The molecule has 1 heterocycles. The van der Waals surface area contributed by atoms with Crippen molar-refractivity contribution in [1.82, 2.24) is 10.3 Å². The highest BCUT2D eigenvalue weighted by Gasteiger charge is 2.16. The van der Waals surface area contributed by atoms with E-state index in [9.17, 15) is 4.39 Å². The highest BCUT2D eigenvalue weighted by atomic mass is 79.9. The van der Waals surface area contributed by atoms with Crippen LogP contribution in [0.2, 0.25) is 0 Å². The highest BCUT2D eigenvalue weighted by Crippen LogP contribution is 2.23. The van der Waals surface area contributed by atoms with E-state index in [0.29, 0.717) is 4.47 Å². The van der Waals surface area contributed by atoms with Gasteiger partial charge >= 0.3 is 0 Å². The smallest absolute Gasteiger partial charge is 0.137 e. The van der Waals surface area contributed by atoms with Gasteiger partial charge in [-0.05, 0) is 64.6 Å².